The number of piperidine rings is 1. The maximum Gasteiger partial charge on any atom is 0.258 e. The highest BCUT2D eigenvalue weighted by Gasteiger charge is 2.25. The van der Waals surface area contributed by atoms with E-state index in [9.17, 15) is 9.59 Å². The third kappa shape index (κ3) is 4.62. The summed E-state index contributed by atoms with van der Waals surface area (Å²) in [7, 11) is 0. The van der Waals surface area contributed by atoms with Crippen LogP contribution in [0.25, 0.3) is 10.8 Å². The lowest BCUT2D eigenvalue weighted by Crippen LogP contribution is -2.47. The van der Waals surface area contributed by atoms with Gasteiger partial charge in [0.15, 0.2) is 6.61 Å². The third-order valence-electron chi connectivity index (χ3n) is 5.56. The third-order valence-corrected chi connectivity index (χ3v) is 5.56. The van der Waals surface area contributed by atoms with E-state index in [0.29, 0.717) is 18.8 Å². The van der Waals surface area contributed by atoms with Crippen LogP contribution in [0.15, 0.2) is 66.7 Å². The van der Waals surface area contributed by atoms with Gasteiger partial charge in [0.1, 0.15) is 5.75 Å². The normalized spacial score (nSPS) is 14.5. The van der Waals surface area contributed by atoms with Gasteiger partial charge in [-0.2, -0.15) is 0 Å². The Hall–Kier alpha value is -3.34. The molecule has 1 aliphatic rings. The highest BCUT2D eigenvalue weighted by molar-refractivity contribution is 6.07. The number of nitrogens with zero attached hydrogens (tertiary/aromatic N) is 1. The lowest BCUT2D eigenvalue weighted by atomic mass is 10.0. The van der Waals surface area contributed by atoms with Crippen LogP contribution in [-0.2, 0) is 4.79 Å². The van der Waals surface area contributed by atoms with Crippen molar-refractivity contribution in [1.29, 1.82) is 0 Å². The van der Waals surface area contributed by atoms with E-state index in [1.54, 1.807) is 0 Å². The van der Waals surface area contributed by atoms with E-state index < -0.39 is 0 Å². The molecule has 1 aliphatic heterocycles. The summed E-state index contributed by atoms with van der Waals surface area (Å²) in [4.78, 5) is 27.1. The predicted octanol–water partition coefficient (Wildman–Crippen LogP) is 3.95. The number of hydrogen-bond donors (Lipinski definition) is 1. The van der Waals surface area contributed by atoms with Crippen molar-refractivity contribution in [2.75, 3.05) is 19.7 Å². The van der Waals surface area contributed by atoms with Gasteiger partial charge < -0.3 is 15.0 Å². The molecule has 5 nitrogen and oxygen atoms in total. The first kappa shape index (κ1) is 20.0. The van der Waals surface area contributed by atoms with Gasteiger partial charge >= 0.3 is 0 Å². The predicted molar refractivity (Wildman–Crippen MR) is 118 cm³/mol. The molecule has 0 bridgehead atoms. The van der Waals surface area contributed by atoms with Gasteiger partial charge in [0.2, 0.25) is 0 Å². The first-order valence-corrected chi connectivity index (χ1v) is 10.4. The van der Waals surface area contributed by atoms with Crippen molar-refractivity contribution in [3.63, 3.8) is 0 Å². The van der Waals surface area contributed by atoms with Gasteiger partial charge in [0, 0.05) is 24.7 Å². The molecule has 0 spiro atoms. The van der Waals surface area contributed by atoms with Crippen LogP contribution in [0.3, 0.4) is 0 Å². The quantitative estimate of drug-likeness (QED) is 0.703. The average Bonchev–Trinajstić information content (AvgIpc) is 2.78. The number of amides is 2. The second-order valence-corrected chi connectivity index (χ2v) is 7.76. The summed E-state index contributed by atoms with van der Waals surface area (Å²) in [6.07, 6.45) is 1.49. The van der Waals surface area contributed by atoms with Crippen LogP contribution in [0.2, 0.25) is 0 Å². The van der Waals surface area contributed by atoms with Crippen molar-refractivity contribution in [3.8, 4) is 5.75 Å². The van der Waals surface area contributed by atoms with Gasteiger partial charge in [-0.15, -0.1) is 0 Å². The summed E-state index contributed by atoms with van der Waals surface area (Å²) in [5.74, 6) is 0.611. The zero-order valence-corrected chi connectivity index (χ0v) is 17.1. The number of hydrogen-bond acceptors (Lipinski definition) is 3. The lowest BCUT2D eigenvalue weighted by Gasteiger charge is -2.32. The van der Waals surface area contributed by atoms with Gasteiger partial charge in [0.25, 0.3) is 11.8 Å². The molecular weight excluding hydrogens is 376 g/mol. The Labute approximate surface area is 176 Å². The number of likely N-dealkylation sites (tertiary alicyclic amines) is 1. The highest BCUT2D eigenvalue weighted by atomic mass is 16.5. The van der Waals surface area contributed by atoms with Crippen molar-refractivity contribution in [3.05, 3.63) is 77.9 Å². The van der Waals surface area contributed by atoms with E-state index >= 15 is 0 Å². The maximum atomic E-state index is 13.0. The van der Waals surface area contributed by atoms with Crippen LogP contribution in [0, 0.1) is 6.92 Å². The summed E-state index contributed by atoms with van der Waals surface area (Å²) in [5.41, 5.74) is 1.89. The Morgan fingerprint density at radius 1 is 0.967 bits per heavy atom. The molecule has 154 valence electrons. The molecule has 1 fully saturated rings. The molecule has 0 saturated carbocycles. The molecule has 3 aromatic rings. The van der Waals surface area contributed by atoms with Crippen LogP contribution in [-0.4, -0.2) is 42.5 Å². The van der Waals surface area contributed by atoms with Crippen molar-refractivity contribution in [1.82, 2.24) is 10.2 Å². The molecule has 0 unspecified atom stereocenters. The molecule has 0 aromatic heterocycles. The van der Waals surface area contributed by atoms with Crippen molar-refractivity contribution >= 4 is 22.6 Å². The molecule has 3 aromatic carbocycles. The molecular formula is C25H26N2O3. The molecule has 4 rings (SSSR count). The Morgan fingerprint density at radius 2 is 1.67 bits per heavy atom. The summed E-state index contributed by atoms with van der Waals surface area (Å²) in [6.45, 7) is 3.27. The Kier molecular flexibility index (Phi) is 5.98. The van der Waals surface area contributed by atoms with E-state index in [1.807, 2.05) is 78.6 Å². The molecule has 0 aliphatic carbocycles. The van der Waals surface area contributed by atoms with Gasteiger partial charge in [0.05, 0.1) is 0 Å². The molecule has 1 heterocycles. The summed E-state index contributed by atoms with van der Waals surface area (Å²) >= 11 is 0. The number of nitrogens with one attached hydrogen (secondary N) is 1. The van der Waals surface area contributed by atoms with Crippen LogP contribution >= 0.6 is 0 Å². The molecule has 5 heteroatoms. The highest BCUT2D eigenvalue weighted by Crippen LogP contribution is 2.22. The van der Waals surface area contributed by atoms with Crippen LogP contribution < -0.4 is 10.1 Å². The lowest BCUT2D eigenvalue weighted by molar-refractivity contribution is -0.124. The maximum absolute atomic E-state index is 13.0. The molecule has 1 saturated heterocycles. The fourth-order valence-corrected chi connectivity index (χ4v) is 3.86. The minimum atomic E-state index is -0.130. The van der Waals surface area contributed by atoms with Crippen LogP contribution in [0.5, 0.6) is 5.75 Å². The van der Waals surface area contributed by atoms with Crippen LogP contribution in [0.1, 0.15) is 28.8 Å². The van der Waals surface area contributed by atoms with Crippen molar-refractivity contribution in [2.24, 2.45) is 0 Å². The van der Waals surface area contributed by atoms with Crippen molar-refractivity contribution in [2.45, 2.75) is 25.8 Å². The largest absolute Gasteiger partial charge is 0.484 e. The Balaban J connectivity index is 1.28. The summed E-state index contributed by atoms with van der Waals surface area (Å²) < 4.78 is 5.55. The molecule has 30 heavy (non-hydrogen) atoms. The molecule has 1 N–H and O–H groups in total. The van der Waals surface area contributed by atoms with E-state index in [-0.39, 0.29) is 24.5 Å². The number of carbonyl (C=O) groups excluding carboxylic acids is 2. The number of carbonyl (C=O) groups is 2. The topological polar surface area (TPSA) is 58.6 Å². The number of rotatable bonds is 5. The number of aryl methyl sites for hydroxylation is 1. The van der Waals surface area contributed by atoms with Gasteiger partial charge in [-0.05, 0) is 48.7 Å². The van der Waals surface area contributed by atoms with Crippen molar-refractivity contribution < 1.29 is 14.3 Å². The van der Waals surface area contributed by atoms with Crippen LogP contribution in [0.4, 0.5) is 0 Å². The zero-order chi connectivity index (χ0) is 20.9. The fraction of sp³-hybridized carbons (Fsp3) is 0.280. The van der Waals surface area contributed by atoms with Gasteiger partial charge in [-0.1, -0.05) is 54.1 Å². The summed E-state index contributed by atoms with van der Waals surface area (Å²) in [6, 6.07) is 21.5. The monoisotopic (exact) mass is 402 g/mol. The van der Waals surface area contributed by atoms with E-state index in [2.05, 4.69) is 5.32 Å². The van der Waals surface area contributed by atoms with E-state index in [1.165, 1.54) is 0 Å². The average molecular weight is 402 g/mol. The zero-order valence-electron chi connectivity index (χ0n) is 17.1. The second-order valence-electron chi connectivity index (χ2n) is 7.76. The standard InChI is InChI=1S/C25H26N2O3/c1-18-9-11-21(12-10-18)30-17-24(28)26-20-13-15-27(16-14-20)25(29)23-8-4-6-19-5-2-3-7-22(19)23/h2-12,20H,13-17H2,1H3,(H,26,28). The minimum Gasteiger partial charge on any atom is -0.484 e. The molecule has 0 atom stereocenters. The SMILES string of the molecule is Cc1ccc(OCC(=O)NC2CCN(C(=O)c3cccc4ccccc34)CC2)cc1. The number of fused-ring (bicyclic) bond motifs is 1. The second kappa shape index (κ2) is 8.99. The van der Waals surface area contributed by atoms with Gasteiger partial charge in [-0.3, -0.25) is 9.59 Å². The molecule has 0 radical (unpaired) electrons. The smallest absolute Gasteiger partial charge is 0.258 e. The van der Waals surface area contributed by atoms with Gasteiger partial charge in [-0.25, -0.2) is 0 Å². The van der Waals surface area contributed by atoms with E-state index in [4.69, 9.17) is 4.74 Å². The first-order chi connectivity index (χ1) is 14.6. The number of benzene rings is 3. The minimum absolute atomic E-state index is 0.00178. The summed E-state index contributed by atoms with van der Waals surface area (Å²) in [5, 5.41) is 5.08. The Morgan fingerprint density at radius 3 is 2.43 bits per heavy atom. The Bertz CT molecular complexity index is 1030. The number of ether oxygens (including phenoxy) is 1. The first-order valence-electron chi connectivity index (χ1n) is 10.4. The molecule has 2 amide bonds. The fourth-order valence-electron chi connectivity index (χ4n) is 3.86. The van der Waals surface area contributed by atoms with E-state index in [0.717, 1.165) is 34.7 Å².